The standard InChI is InChI=1S/C18H30O2/c1-5-6-7-14-15(19)9-11-17(4)10-8-13-12-18(14,17)20-16(13,2)3/h13,19H,5-12H2,1-4H3/t13-,17-,18+/m1/s1. The summed E-state index contributed by atoms with van der Waals surface area (Å²) in [5.74, 6) is 1.30. The summed E-state index contributed by atoms with van der Waals surface area (Å²) in [7, 11) is 0. The van der Waals surface area contributed by atoms with E-state index in [1.54, 1.807) is 0 Å². The number of allylic oxidation sites excluding steroid dienone is 1. The van der Waals surface area contributed by atoms with Crippen molar-refractivity contribution in [3.8, 4) is 0 Å². The minimum Gasteiger partial charge on any atom is -0.512 e. The number of aliphatic hydroxyl groups excluding tert-OH is 1. The Morgan fingerprint density at radius 3 is 2.70 bits per heavy atom. The molecule has 0 amide bonds. The number of hydrogen-bond acceptors (Lipinski definition) is 2. The van der Waals surface area contributed by atoms with Crippen LogP contribution in [-0.4, -0.2) is 16.3 Å². The Bertz CT molecular complexity index is 437. The molecule has 3 rings (SSSR count). The number of unbranched alkanes of at least 4 members (excludes halogenated alkanes) is 1. The second-order valence-electron chi connectivity index (χ2n) is 8.06. The maximum absolute atomic E-state index is 10.5. The summed E-state index contributed by atoms with van der Waals surface area (Å²) >= 11 is 0. The molecule has 3 atom stereocenters. The van der Waals surface area contributed by atoms with E-state index in [4.69, 9.17) is 4.74 Å². The third-order valence-electron chi connectivity index (χ3n) is 6.50. The Hall–Kier alpha value is -0.500. The van der Waals surface area contributed by atoms with Gasteiger partial charge in [0, 0.05) is 11.8 Å². The fraction of sp³-hybridized carbons (Fsp3) is 0.889. The zero-order valence-corrected chi connectivity index (χ0v) is 13.6. The predicted molar refractivity (Wildman–Crippen MR) is 81.8 cm³/mol. The van der Waals surface area contributed by atoms with Crippen molar-refractivity contribution < 1.29 is 9.84 Å². The van der Waals surface area contributed by atoms with Gasteiger partial charge in [-0.05, 0) is 63.9 Å². The van der Waals surface area contributed by atoms with Gasteiger partial charge in [-0.2, -0.15) is 0 Å². The Kier molecular flexibility index (Phi) is 3.25. The Morgan fingerprint density at radius 2 is 2.00 bits per heavy atom. The topological polar surface area (TPSA) is 29.5 Å². The molecular formula is C18H30O2. The van der Waals surface area contributed by atoms with Gasteiger partial charge in [0.2, 0.25) is 0 Å². The minimum absolute atomic E-state index is 0.0349. The van der Waals surface area contributed by atoms with Crippen LogP contribution in [0, 0.1) is 11.3 Å². The van der Waals surface area contributed by atoms with E-state index < -0.39 is 0 Å². The van der Waals surface area contributed by atoms with Crippen molar-refractivity contribution in [3.05, 3.63) is 11.3 Å². The molecule has 1 spiro atoms. The number of hydrogen-bond donors (Lipinski definition) is 1. The predicted octanol–water partition coefficient (Wildman–Crippen LogP) is 5.14. The average molecular weight is 278 g/mol. The Labute approximate surface area is 123 Å². The summed E-state index contributed by atoms with van der Waals surface area (Å²) in [5.41, 5.74) is 1.28. The van der Waals surface area contributed by atoms with E-state index in [-0.39, 0.29) is 16.6 Å². The molecule has 0 unspecified atom stereocenters. The molecule has 1 heterocycles. The lowest BCUT2D eigenvalue weighted by molar-refractivity contribution is -0.136. The molecule has 1 saturated heterocycles. The largest absolute Gasteiger partial charge is 0.512 e. The van der Waals surface area contributed by atoms with Crippen molar-refractivity contribution in [2.75, 3.05) is 0 Å². The first-order chi connectivity index (χ1) is 9.35. The van der Waals surface area contributed by atoms with Crippen LogP contribution >= 0.6 is 0 Å². The number of ether oxygens (including phenoxy) is 1. The maximum atomic E-state index is 10.5. The molecule has 114 valence electrons. The third kappa shape index (κ3) is 1.80. The molecule has 2 nitrogen and oxygen atoms in total. The normalized spacial score (nSPS) is 42.7. The number of rotatable bonds is 3. The van der Waals surface area contributed by atoms with Crippen molar-refractivity contribution in [1.82, 2.24) is 0 Å². The zero-order chi connectivity index (χ0) is 14.6. The van der Waals surface area contributed by atoms with Gasteiger partial charge in [-0.1, -0.05) is 20.3 Å². The van der Waals surface area contributed by atoms with Gasteiger partial charge in [-0.3, -0.25) is 0 Å². The molecule has 1 saturated carbocycles. The van der Waals surface area contributed by atoms with E-state index in [1.807, 2.05) is 0 Å². The van der Waals surface area contributed by atoms with Crippen LogP contribution in [-0.2, 0) is 4.74 Å². The molecule has 1 N–H and O–H groups in total. The summed E-state index contributed by atoms with van der Waals surface area (Å²) in [5, 5.41) is 10.5. The van der Waals surface area contributed by atoms with Crippen LogP contribution in [0.3, 0.4) is 0 Å². The van der Waals surface area contributed by atoms with E-state index in [2.05, 4.69) is 27.7 Å². The molecule has 2 heteroatoms. The summed E-state index contributed by atoms with van der Waals surface area (Å²) in [6.45, 7) is 9.13. The fourth-order valence-corrected chi connectivity index (χ4v) is 5.03. The summed E-state index contributed by atoms with van der Waals surface area (Å²) in [6, 6.07) is 0. The molecule has 0 aromatic carbocycles. The zero-order valence-electron chi connectivity index (χ0n) is 13.6. The van der Waals surface area contributed by atoms with Crippen LogP contribution in [0.2, 0.25) is 0 Å². The van der Waals surface area contributed by atoms with Gasteiger partial charge in [0.25, 0.3) is 0 Å². The lowest BCUT2D eigenvalue weighted by Gasteiger charge is -2.52. The molecule has 2 bridgehead atoms. The fourth-order valence-electron chi connectivity index (χ4n) is 5.03. The monoisotopic (exact) mass is 278 g/mol. The van der Waals surface area contributed by atoms with Gasteiger partial charge in [0.15, 0.2) is 0 Å². The van der Waals surface area contributed by atoms with Crippen LogP contribution < -0.4 is 0 Å². The lowest BCUT2D eigenvalue weighted by atomic mass is 9.54. The third-order valence-corrected chi connectivity index (χ3v) is 6.50. The molecule has 3 aliphatic rings. The SMILES string of the molecule is CCCCC1=C(O)CC[C@@]2(C)CC[C@@H]3C[C@]12OC3(C)C. The van der Waals surface area contributed by atoms with Crippen LogP contribution in [0.25, 0.3) is 0 Å². The van der Waals surface area contributed by atoms with Gasteiger partial charge in [0.05, 0.1) is 17.0 Å². The van der Waals surface area contributed by atoms with Crippen molar-refractivity contribution in [3.63, 3.8) is 0 Å². The van der Waals surface area contributed by atoms with E-state index >= 15 is 0 Å². The quantitative estimate of drug-likeness (QED) is 0.775. The number of fused-ring (bicyclic) bond motifs is 1. The number of aliphatic hydroxyl groups is 1. The second-order valence-corrected chi connectivity index (χ2v) is 8.06. The molecule has 0 radical (unpaired) electrons. The molecule has 20 heavy (non-hydrogen) atoms. The first-order valence-corrected chi connectivity index (χ1v) is 8.46. The van der Waals surface area contributed by atoms with Crippen LogP contribution in [0.4, 0.5) is 0 Å². The van der Waals surface area contributed by atoms with Crippen LogP contribution in [0.5, 0.6) is 0 Å². The smallest absolute Gasteiger partial charge is 0.0990 e. The van der Waals surface area contributed by atoms with Crippen molar-refractivity contribution in [1.29, 1.82) is 0 Å². The van der Waals surface area contributed by atoms with Crippen LogP contribution in [0.15, 0.2) is 11.3 Å². The lowest BCUT2D eigenvalue weighted by Crippen LogP contribution is -2.52. The first kappa shape index (κ1) is 14.4. The highest BCUT2D eigenvalue weighted by Gasteiger charge is 2.65. The first-order valence-electron chi connectivity index (χ1n) is 8.46. The van der Waals surface area contributed by atoms with Gasteiger partial charge >= 0.3 is 0 Å². The molecular weight excluding hydrogens is 248 g/mol. The van der Waals surface area contributed by atoms with E-state index in [0.29, 0.717) is 11.7 Å². The van der Waals surface area contributed by atoms with Gasteiger partial charge in [0.1, 0.15) is 0 Å². The summed E-state index contributed by atoms with van der Waals surface area (Å²) in [4.78, 5) is 0. The van der Waals surface area contributed by atoms with Crippen molar-refractivity contribution in [2.45, 2.75) is 90.3 Å². The molecule has 0 aromatic rings. The molecule has 2 aliphatic carbocycles. The maximum Gasteiger partial charge on any atom is 0.0990 e. The molecule has 2 fully saturated rings. The van der Waals surface area contributed by atoms with Crippen LogP contribution in [0.1, 0.15) is 79.1 Å². The highest BCUT2D eigenvalue weighted by Crippen LogP contribution is 2.65. The van der Waals surface area contributed by atoms with Gasteiger partial charge in [-0.25, -0.2) is 0 Å². The highest BCUT2D eigenvalue weighted by molar-refractivity contribution is 5.33. The molecule has 0 aromatic heterocycles. The summed E-state index contributed by atoms with van der Waals surface area (Å²) < 4.78 is 6.73. The van der Waals surface area contributed by atoms with Crippen molar-refractivity contribution >= 4 is 0 Å². The highest BCUT2D eigenvalue weighted by atomic mass is 16.5. The average Bonchev–Trinajstić information content (AvgIpc) is 2.61. The Morgan fingerprint density at radius 1 is 1.25 bits per heavy atom. The molecule has 1 aliphatic heterocycles. The van der Waals surface area contributed by atoms with E-state index in [1.165, 1.54) is 24.8 Å². The van der Waals surface area contributed by atoms with Gasteiger partial charge < -0.3 is 9.84 Å². The minimum atomic E-state index is -0.170. The van der Waals surface area contributed by atoms with Crippen molar-refractivity contribution in [2.24, 2.45) is 11.3 Å². The second kappa shape index (κ2) is 4.50. The van der Waals surface area contributed by atoms with E-state index in [9.17, 15) is 5.11 Å². The Balaban J connectivity index is 2.05. The summed E-state index contributed by atoms with van der Waals surface area (Å²) in [6.07, 6.45) is 8.95. The van der Waals surface area contributed by atoms with E-state index in [0.717, 1.165) is 32.1 Å². The van der Waals surface area contributed by atoms with Gasteiger partial charge in [-0.15, -0.1) is 0 Å².